The van der Waals surface area contributed by atoms with E-state index in [1.807, 2.05) is 24.4 Å². The Morgan fingerprint density at radius 3 is 1.77 bits per heavy atom. The van der Waals surface area contributed by atoms with E-state index in [1.165, 1.54) is 67.7 Å². The van der Waals surface area contributed by atoms with Gasteiger partial charge in [-0.2, -0.15) is 23.4 Å². The molecule has 312 valence electrons. The Hall–Kier alpha value is -6.36. The van der Waals surface area contributed by atoms with Gasteiger partial charge in [0.1, 0.15) is 18.8 Å². The molecule has 8 aromatic rings. The number of H-pyrrole nitrogens is 1. The van der Waals surface area contributed by atoms with Gasteiger partial charge in [0.05, 0.1) is 29.2 Å². The van der Waals surface area contributed by atoms with Crippen LogP contribution in [0.1, 0.15) is 37.1 Å². The van der Waals surface area contributed by atoms with E-state index in [2.05, 4.69) is 83.5 Å². The third-order valence-electron chi connectivity index (χ3n) is 11.1. The molecule has 2 aliphatic heterocycles. The second-order valence-electron chi connectivity index (χ2n) is 15.2. The molecule has 61 heavy (non-hydrogen) atoms. The van der Waals surface area contributed by atoms with Crippen molar-refractivity contribution < 1.29 is 21.0 Å². The fourth-order valence-corrected chi connectivity index (χ4v) is 10.00. The summed E-state index contributed by atoms with van der Waals surface area (Å²) in [5.41, 5.74) is 8.90. The van der Waals surface area contributed by atoms with Gasteiger partial charge < -0.3 is 14.8 Å². The highest BCUT2D eigenvalue weighted by molar-refractivity contribution is 7.90. The molecule has 14 nitrogen and oxygen atoms in total. The lowest BCUT2D eigenvalue weighted by atomic mass is 10.0. The van der Waals surface area contributed by atoms with E-state index in [-0.39, 0.29) is 16.2 Å². The Kier molecular flexibility index (Phi) is 11.1. The fourth-order valence-electron chi connectivity index (χ4n) is 8.16. The number of hydrogen-bond donors (Lipinski definition) is 1. The average Bonchev–Trinajstić information content (AvgIpc) is 4.14. The molecule has 0 radical (unpaired) electrons. The van der Waals surface area contributed by atoms with Crippen LogP contribution in [0, 0.1) is 0 Å². The normalized spacial score (nSPS) is 14.5. The number of benzene rings is 3. The van der Waals surface area contributed by atoms with Gasteiger partial charge in [0.2, 0.25) is 0 Å². The molecule has 0 amide bonds. The third kappa shape index (κ3) is 8.64. The standard InChI is InChI=1S/C25H25N3O5S2.C20H20N6/c1-34(29,30)33-18-21-17-24-23(19-9-11-20(12-10-19)27-15-5-6-16-27)13-14-26-25(24)28(21)35(31,32)22-7-3-2-4-8-22;1-2-12-25(11-1)17-5-3-15(4-6-17)18-7-8-21-20-19(18)13-16(24-20)14-26-22-9-10-23-26/h2-4,7-14,17H,5-6,15-16,18H2,1H3;3-10,13H,1-2,11-12,14H2,(H,21,24). The first-order valence-corrected chi connectivity index (χ1v) is 23.5. The zero-order valence-corrected chi connectivity index (χ0v) is 35.3. The number of fused-ring (bicyclic) bond motifs is 2. The maximum atomic E-state index is 13.6. The Bertz CT molecular complexity index is 2990. The van der Waals surface area contributed by atoms with Gasteiger partial charge in [-0.3, -0.25) is 4.18 Å². The summed E-state index contributed by atoms with van der Waals surface area (Å²) in [5, 5.41) is 10.1. The van der Waals surface area contributed by atoms with Crippen LogP contribution in [0.25, 0.3) is 44.3 Å². The molecule has 16 heteroatoms. The van der Waals surface area contributed by atoms with E-state index in [4.69, 9.17) is 4.18 Å². The minimum atomic E-state index is -4.06. The molecule has 0 aliphatic carbocycles. The van der Waals surface area contributed by atoms with Crippen LogP contribution in [-0.4, -0.2) is 83.2 Å². The van der Waals surface area contributed by atoms with E-state index in [9.17, 15) is 16.8 Å². The lowest BCUT2D eigenvalue weighted by Crippen LogP contribution is -2.17. The van der Waals surface area contributed by atoms with Gasteiger partial charge in [0.25, 0.3) is 20.1 Å². The summed E-state index contributed by atoms with van der Waals surface area (Å²) in [6, 6.07) is 32.7. The average molecular weight is 856 g/mol. The van der Waals surface area contributed by atoms with Gasteiger partial charge in [0, 0.05) is 66.4 Å². The van der Waals surface area contributed by atoms with E-state index < -0.39 is 26.7 Å². The molecular formula is C45H45N9O5S2. The highest BCUT2D eigenvalue weighted by atomic mass is 32.2. The van der Waals surface area contributed by atoms with Crippen molar-refractivity contribution in [2.45, 2.75) is 43.7 Å². The highest BCUT2D eigenvalue weighted by Gasteiger charge is 2.26. The first kappa shape index (κ1) is 40.1. The molecule has 2 saturated heterocycles. The zero-order valence-electron chi connectivity index (χ0n) is 33.6. The fraction of sp³-hybridized carbons (Fsp3) is 0.244. The zero-order chi connectivity index (χ0) is 42.0. The molecule has 0 saturated carbocycles. The number of pyridine rings is 2. The largest absolute Gasteiger partial charge is 0.372 e. The first-order valence-electron chi connectivity index (χ1n) is 20.3. The molecule has 3 aromatic carbocycles. The Morgan fingerprint density at radius 1 is 0.639 bits per heavy atom. The number of aromatic amines is 1. The molecular weight excluding hydrogens is 811 g/mol. The lowest BCUT2D eigenvalue weighted by molar-refractivity contribution is 0.306. The van der Waals surface area contributed by atoms with Gasteiger partial charge >= 0.3 is 0 Å². The SMILES string of the molecule is CS(=O)(=O)OCc1cc2c(-c3ccc(N4CCCC4)cc3)ccnc2n1S(=O)(=O)c1ccccc1.c1cc(-c2ccc(N3CCCC3)cc2)c2cc(Cn3nccn3)[nH]c2n1. The third-order valence-corrected chi connectivity index (χ3v) is 13.4. The van der Waals surface area contributed by atoms with Crippen LogP contribution in [-0.2, 0) is 37.5 Å². The minimum Gasteiger partial charge on any atom is -0.372 e. The summed E-state index contributed by atoms with van der Waals surface area (Å²) in [6.07, 6.45) is 12.7. The van der Waals surface area contributed by atoms with Crippen LogP contribution in [0.2, 0.25) is 0 Å². The Morgan fingerprint density at radius 2 is 1.20 bits per heavy atom. The second-order valence-corrected chi connectivity index (χ2v) is 18.7. The number of nitrogens with zero attached hydrogens (tertiary/aromatic N) is 8. The van der Waals surface area contributed by atoms with Gasteiger partial charge in [0.15, 0.2) is 5.65 Å². The van der Waals surface area contributed by atoms with Crippen molar-refractivity contribution in [3.05, 3.63) is 139 Å². The van der Waals surface area contributed by atoms with Gasteiger partial charge in [-0.05, 0) is 109 Å². The summed E-state index contributed by atoms with van der Waals surface area (Å²) in [4.78, 5) is 18.8. The molecule has 5 aromatic heterocycles. The quantitative estimate of drug-likeness (QED) is 0.128. The van der Waals surface area contributed by atoms with Crippen LogP contribution < -0.4 is 9.80 Å². The maximum Gasteiger partial charge on any atom is 0.269 e. The summed E-state index contributed by atoms with van der Waals surface area (Å²) in [6.45, 7) is 4.60. The maximum absolute atomic E-state index is 13.6. The minimum absolute atomic E-state index is 0.0697. The van der Waals surface area contributed by atoms with Gasteiger partial charge in [-0.1, -0.05) is 42.5 Å². The predicted molar refractivity (Wildman–Crippen MR) is 237 cm³/mol. The number of hydrogen-bond acceptors (Lipinski definition) is 11. The van der Waals surface area contributed by atoms with Crippen molar-refractivity contribution in [3.8, 4) is 22.3 Å². The monoisotopic (exact) mass is 855 g/mol. The summed E-state index contributed by atoms with van der Waals surface area (Å²) in [7, 11) is -7.86. The van der Waals surface area contributed by atoms with Gasteiger partial charge in [-0.25, -0.2) is 22.4 Å². The number of aromatic nitrogens is 7. The molecule has 10 rings (SSSR count). The first-order chi connectivity index (χ1) is 29.6. The molecule has 0 spiro atoms. The number of nitrogens with one attached hydrogen (secondary N) is 1. The summed E-state index contributed by atoms with van der Waals surface area (Å²) < 4.78 is 56.6. The second kappa shape index (κ2) is 17.0. The van der Waals surface area contributed by atoms with Crippen LogP contribution >= 0.6 is 0 Å². The Labute approximate surface area is 354 Å². The van der Waals surface area contributed by atoms with Crippen LogP contribution in [0.5, 0.6) is 0 Å². The summed E-state index contributed by atoms with van der Waals surface area (Å²) in [5.74, 6) is 0. The summed E-state index contributed by atoms with van der Waals surface area (Å²) >= 11 is 0. The molecule has 7 heterocycles. The number of rotatable bonds is 11. The van der Waals surface area contributed by atoms with Crippen LogP contribution in [0.15, 0.2) is 133 Å². The lowest BCUT2D eigenvalue weighted by Gasteiger charge is -2.17. The van der Waals surface area contributed by atoms with Crippen molar-refractivity contribution in [2.24, 2.45) is 0 Å². The molecule has 2 fully saturated rings. The van der Waals surface area contributed by atoms with E-state index >= 15 is 0 Å². The highest BCUT2D eigenvalue weighted by Crippen LogP contribution is 2.35. The van der Waals surface area contributed by atoms with Crippen molar-refractivity contribution in [1.29, 1.82) is 0 Å². The van der Waals surface area contributed by atoms with Crippen molar-refractivity contribution in [3.63, 3.8) is 0 Å². The number of anilines is 2. The molecule has 0 bridgehead atoms. The van der Waals surface area contributed by atoms with E-state index in [0.717, 1.165) is 56.9 Å². The predicted octanol–water partition coefficient (Wildman–Crippen LogP) is 7.49. The van der Waals surface area contributed by atoms with Crippen LogP contribution in [0.4, 0.5) is 11.4 Å². The smallest absolute Gasteiger partial charge is 0.269 e. The van der Waals surface area contributed by atoms with Gasteiger partial charge in [-0.15, -0.1) is 0 Å². The molecule has 0 unspecified atom stereocenters. The Balaban J connectivity index is 0.000000163. The van der Waals surface area contributed by atoms with E-state index in [0.29, 0.717) is 11.9 Å². The molecule has 0 atom stereocenters. The topological polar surface area (TPSA) is 161 Å². The van der Waals surface area contributed by atoms with E-state index in [1.54, 1.807) is 47.7 Å². The van der Waals surface area contributed by atoms with Crippen LogP contribution in [0.3, 0.4) is 0 Å². The van der Waals surface area contributed by atoms with Crippen molar-refractivity contribution in [1.82, 2.24) is 33.9 Å². The molecule has 2 aliphatic rings. The van der Waals surface area contributed by atoms with Crippen molar-refractivity contribution in [2.75, 3.05) is 42.2 Å². The molecule has 1 N–H and O–H groups in total. The van der Waals surface area contributed by atoms with Crippen molar-refractivity contribution >= 4 is 53.6 Å².